The van der Waals surface area contributed by atoms with Crippen LogP contribution in [-0.2, 0) is 4.79 Å². The summed E-state index contributed by atoms with van der Waals surface area (Å²) in [6.07, 6.45) is 3.39. The van der Waals surface area contributed by atoms with E-state index < -0.39 is 5.82 Å². The van der Waals surface area contributed by atoms with E-state index in [-0.39, 0.29) is 5.69 Å². The van der Waals surface area contributed by atoms with Gasteiger partial charge in [-0.15, -0.1) is 0 Å². The topological polar surface area (TPSA) is 46.9 Å². The van der Waals surface area contributed by atoms with Gasteiger partial charge in [-0.05, 0) is 18.2 Å². The van der Waals surface area contributed by atoms with Crippen LogP contribution >= 0.6 is 11.6 Å². The number of hydrogen-bond acceptors (Lipinski definition) is 2. The second-order valence-electron chi connectivity index (χ2n) is 3.03. The fourth-order valence-electron chi connectivity index (χ4n) is 1.28. The smallest absolute Gasteiger partial charge is 0.211 e. The monoisotopic (exact) mass is 239 g/mol. The number of carbonyl (C=O) groups excluding carboxylic acids is 1. The highest BCUT2D eigenvalue weighted by molar-refractivity contribution is 6.30. The number of nitrogens with zero attached hydrogens (tertiary/aromatic N) is 2. The minimum Gasteiger partial charge on any atom is -0.329 e. The summed E-state index contributed by atoms with van der Waals surface area (Å²) in [6, 6.07) is 4.28. The first-order chi connectivity index (χ1) is 7.70. The van der Waals surface area contributed by atoms with Crippen molar-refractivity contribution in [1.82, 2.24) is 9.78 Å². The van der Waals surface area contributed by atoms with Crippen LogP contribution in [-0.4, -0.2) is 16.2 Å². The van der Waals surface area contributed by atoms with Crippen molar-refractivity contribution in [3.05, 3.63) is 41.4 Å². The number of nitrogens with one attached hydrogen (secondary N) is 1. The molecular formula is C10H7ClFN3O. The summed E-state index contributed by atoms with van der Waals surface area (Å²) < 4.78 is 14.9. The van der Waals surface area contributed by atoms with E-state index in [1.165, 1.54) is 29.2 Å². The lowest BCUT2D eigenvalue weighted by molar-refractivity contribution is -0.105. The summed E-state index contributed by atoms with van der Waals surface area (Å²) in [6.45, 7) is 0. The SMILES string of the molecule is O=CNc1ccc(-n2cc(Cl)cn2)c(F)c1. The lowest BCUT2D eigenvalue weighted by Gasteiger charge is -2.04. The summed E-state index contributed by atoms with van der Waals surface area (Å²) >= 11 is 5.68. The number of aromatic nitrogens is 2. The van der Waals surface area contributed by atoms with Crippen LogP contribution in [0.15, 0.2) is 30.6 Å². The molecule has 6 heteroatoms. The molecule has 0 saturated carbocycles. The molecule has 1 heterocycles. The maximum Gasteiger partial charge on any atom is 0.211 e. The van der Waals surface area contributed by atoms with E-state index in [0.717, 1.165) is 0 Å². The summed E-state index contributed by atoms with van der Waals surface area (Å²) in [7, 11) is 0. The van der Waals surface area contributed by atoms with Crippen molar-refractivity contribution in [2.75, 3.05) is 5.32 Å². The minimum absolute atomic E-state index is 0.267. The molecule has 0 aliphatic rings. The molecule has 1 aromatic heterocycles. The molecule has 0 aliphatic carbocycles. The maximum atomic E-state index is 13.6. The molecular weight excluding hydrogens is 233 g/mol. The molecule has 0 bridgehead atoms. The third-order valence-electron chi connectivity index (χ3n) is 1.97. The van der Waals surface area contributed by atoms with Crippen LogP contribution in [0.2, 0.25) is 5.02 Å². The van der Waals surface area contributed by atoms with Gasteiger partial charge in [0.1, 0.15) is 5.69 Å². The van der Waals surface area contributed by atoms with Gasteiger partial charge in [-0.2, -0.15) is 5.10 Å². The van der Waals surface area contributed by atoms with E-state index >= 15 is 0 Å². The van der Waals surface area contributed by atoms with E-state index in [1.54, 1.807) is 6.07 Å². The Hall–Kier alpha value is -1.88. The van der Waals surface area contributed by atoms with E-state index in [1.807, 2.05) is 0 Å². The standard InChI is InChI=1S/C10H7ClFN3O/c11-7-4-14-15(5-7)10-2-1-8(13-6-16)3-9(10)12/h1-6H,(H,13,16). The Morgan fingerprint density at radius 3 is 2.88 bits per heavy atom. The maximum absolute atomic E-state index is 13.6. The largest absolute Gasteiger partial charge is 0.329 e. The van der Waals surface area contributed by atoms with Crippen molar-refractivity contribution in [3.63, 3.8) is 0 Å². The Morgan fingerprint density at radius 1 is 1.50 bits per heavy atom. The van der Waals surface area contributed by atoms with Crippen molar-refractivity contribution in [2.45, 2.75) is 0 Å². The van der Waals surface area contributed by atoms with Crippen LogP contribution in [0.5, 0.6) is 0 Å². The Labute approximate surface area is 95.6 Å². The zero-order valence-electron chi connectivity index (χ0n) is 8.02. The quantitative estimate of drug-likeness (QED) is 0.835. The van der Waals surface area contributed by atoms with Crippen molar-refractivity contribution in [2.24, 2.45) is 0 Å². The van der Waals surface area contributed by atoms with E-state index in [2.05, 4.69) is 10.4 Å². The molecule has 1 aromatic carbocycles. The fourth-order valence-corrected chi connectivity index (χ4v) is 1.42. The molecule has 0 aliphatic heterocycles. The third-order valence-corrected chi connectivity index (χ3v) is 2.17. The van der Waals surface area contributed by atoms with Crippen molar-refractivity contribution in [1.29, 1.82) is 0 Å². The summed E-state index contributed by atoms with van der Waals surface area (Å²) in [5.41, 5.74) is 0.651. The number of anilines is 1. The zero-order valence-corrected chi connectivity index (χ0v) is 8.78. The van der Waals surface area contributed by atoms with E-state index in [4.69, 9.17) is 11.6 Å². The van der Waals surface area contributed by atoms with Crippen LogP contribution in [0.4, 0.5) is 10.1 Å². The predicted molar refractivity (Wildman–Crippen MR) is 58.2 cm³/mol. The highest BCUT2D eigenvalue weighted by Gasteiger charge is 2.06. The second kappa shape index (κ2) is 4.32. The predicted octanol–water partition coefficient (Wildman–Crippen LogP) is 2.23. The molecule has 0 atom stereocenters. The number of halogens is 2. The Morgan fingerprint density at radius 2 is 2.31 bits per heavy atom. The van der Waals surface area contributed by atoms with Crippen LogP contribution in [0.25, 0.3) is 5.69 Å². The van der Waals surface area contributed by atoms with Crippen molar-refractivity contribution < 1.29 is 9.18 Å². The number of hydrogen-bond donors (Lipinski definition) is 1. The molecule has 1 N–H and O–H groups in total. The van der Waals surface area contributed by atoms with Crippen LogP contribution in [0.3, 0.4) is 0 Å². The van der Waals surface area contributed by atoms with Gasteiger partial charge in [-0.3, -0.25) is 4.79 Å². The van der Waals surface area contributed by atoms with Gasteiger partial charge < -0.3 is 5.32 Å². The highest BCUT2D eigenvalue weighted by Crippen LogP contribution is 2.18. The van der Waals surface area contributed by atoms with Crippen LogP contribution in [0, 0.1) is 5.82 Å². The molecule has 0 fully saturated rings. The first-order valence-electron chi connectivity index (χ1n) is 4.41. The van der Waals surface area contributed by atoms with Gasteiger partial charge in [0.05, 0.1) is 11.2 Å². The lowest BCUT2D eigenvalue weighted by Crippen LogP contribution is -2.00. The van der Waals surface area contributed by atoms with Gasteiger partial charge in [-0.25, -0.2) is 9.07 Å². The number of benzene rings is 1. The summed E-state index contributed by atoms with van der Waals surface area (Å²) in [4.78, 5) is 10.2. The molecule has 2 aromatic rings. The first kappa shape index (κ1) is 10.6. The van der Waals surface area contributed by atoms with Gasteiger partial charge in [-0.1, -0.05) is 11.6 Å². The van der Waals surface area contributed by atoms with E-state index in [0.29, 0.717) is 17.1 Å². The molecule has 82 valence electrons. The average molecular weight is 240 g/mol. The van der Waals surface area contributed by atoms with Gasteiger partial charge in [0, 0.05) is 11.9 Å². The molecule has 0 radical (unpaired) electrons. The average Bonchev–Trinajstić information content (AvgIpc) is 2.65. The Bertz CT molecular complexity index is 527. The Kier molecular flexibility index (Phi) is 2.87. The molecule has 16 heavy (non-hydrogen) atoms. The second-order valence-corrected chi connectivity index (χ2v) is 3.47. The minimum atomic E-state index is -0.494. The summed E-state index contributed by atoms with van der Waals surface area (Å²) in [5, 5.41) is 6.66. The van der Waals surface area contributed by atoms with Gasteiger partial charge >= 0.3 is 0 Å². The molecule has 1 amide bonds. The molecule has 0 spiro atoms. The number of rotatable bonds is 3. The highest BCUT2D eigenvalue weighted by atomic mass is 35.5. The Balaban J connectivity index is 2.39. The van der Waals surface area contributed by atoms with E-state index in [9.17, 15) is 9.18 Å². The first-order valence-corrected chi connectivity index (χ1v) is 4.79. The summed E-state index contributed by atoms with van der Waals surface area (Å²) in [5.74, 6) is -0.494. The fraction of sp³-hybridized carbons (Fsp3) is 0. The lowest BCUT2D eigenvalue weighted by atomic mass is 10.2. The molecule has 4 nitrogen and oxygen atoms in total. The van der Waals surface area contributed by atoms with Crippen LogP contribution in [0.1, 0.15) is 0 Å². The molecule has 0 saturated heterocycles. The normalized spacial score (nSPS) is 10.1. The third kappa shape index (κ3) is 2.04. The van der Waals surface area contributed by atoms with Gasteiger partial charge in [0.25, 0.3) is 0 Å². The van der Waals surface area contributed by atoms with Crippen molar-refractivity contribution in [3.8, 4) is 5.69 Å². The molecule has 0 unspecified atom stereocenters. The van der Waals surface area contributed by atoms with Crippen molar-refractivity contribution >= 4 is 23.7 Å². The van der Waals surface area contributed by atoms with Gasteiger partial charge in [0.2, 0.25) is 6.41 Å². The molecule has 2 rings (SSSR count). The zero-order chi connectivity index (χ0) is 11.5. The number of amides is 1. The number of carbonyl (C=O) groups is 1. The van der Waals surface area contributed by atoms with Crippen LogP contribution < -0.4 is 5.32 Å². The van der Waals surface area contributed by atoms with Gasteiger partial charge in [0.15, 0.2) is 5.82 Å².